The number of rotatable bonds is 5. The fraction of sp³-hybridized carbons (Fsp3) is 0.318. The van der Waals surface area contributed by atoms with E-state index in [2.05, 4.69) is 15.6 Å². The molecular weight excluding hydrogens is 444 g/mol. The zero-order valence-corrected chi connectivity index (χ0v) is 17.3. The van der Waals surface area contributed by atoms with Crippen LogP contribution in [-0.2, 0) is 6.11 Å². The van der Waals surface area contributed by atoms with Gasteiger partial charge >= 0.3 is 6.11 Å². The van der Waals surface area contributed by atoms with Gasteiger partial charge in [-0.25, -0.2) is 13.8 Å². The van der Waals surface area contributed by atoms with E-state index >= 15 is 0 Å². The van der Waals surface area contributed by atoms with Gasteiger partial charge in [-0.2, -0.15) is 14.0 Å². The Balaban J connectivity index is 1.65. The minimum absolute atomic E-state index is 0.0283. The molecule has 1 amide bonds. The predicted molar refractivity (Wildman–Crippen MR) is 108 cm³/mol. The highest BCUT2D eigenvalue weighted by Crippen LogP contribution is 2.36. The highest BCUT2D eigenvalue weighted by Gasteiger charge is 2.43. The normalized spacial score (nSPS) is 18.0. The number of carbonyl (C=O) groups is 1. The number of ether oxygens (including phenoxy) is 1. The van der Waals surface area contributed by atoms with E-state index in [0.29, 0.717) is 6.54 Å². The Morgan fingerprint density at radius 2 is 2.18 bits per heavy atom. The van der Waals surface area contributed by atoms with Crippen molar-refractivity contribution in [1.82, 2.24) is 15.6 Å². The summed E-state index contributed by atoms with van der Waals surface area (Å²) in [5, 5.41) is 14.1. The molecule has 172 valence electrons. The molecule has 3 heterocycles. The summed E-state index contributed by atoms with van der Waals surface area (Å²) in [4.78, 5) is 16.4. The van der Waals surface area contributed by atoms with Gasteiger partial charge < -0.3 is 19.8 Å². The molecule has 0 radical (unpaired) electrons. The van der Waals surface area contributed by atoms with Gasteiger partial charge in [0, 0.05) is 11.6 Å². The summed E-state index contributed by atoms with van der Waals surface area (Å²) in [6.45, 7) is 1.23. The lowest BCUT2D eigenvalue weighted by Gasteiger charge is -2.32. The molecule has 1 aliphatic rings. The summed E-state index contributed by atoms with van der Waals surface area (Å²) in [6.07, 6.45) is -2.67. The summed E-state index contributed by atoms with van der Waals surface area (Å²) >= 11 is 0. The quantitative estimate of drug-likeness (QED) is 0.559. The number of hydrogen-bond donors (Lipinski definition) is 2. The minimum Gasteiger partial charge on any atom is -0.461 e. The van der Waals surface area contributed by atoms with E-state index in [9.17, 15) is 22.4 Å². The Kier molecular flexibility index (Phi) is 5.71. The summed E-state index contributed by atoms with van der Waals surface area (Å²) < 4.78 is 68.1. The highest BCUT2D eigenvalue weighted by molar-refractivity contribution is 6.07. The molecule has 2 N–H and O–H groups in total. The van der Waals surface area contributed by atoms with Crippen LogP contribution in [0.15, 0.2) is 40.9 Å². The topological polar surface area (TPSA) is 100 Å². The van der Waals surface area contributed by atoms with E-state index in [4.69, 9.17) is 14.4 Å². The average molecular weight is 462 g/mol. The molecule has 0 aliphatic carbocycles. The molecule has 0 spiro atoms. The first kappa shape index (κ1) is 22.5. The Hall–Kier alpha value is -3.65. The number of aryl methyl sites for hydroxylation is 1. The Morgan fingerprint density at radius 1 is 1.39 bits per heavy atom. The molecule has 7 nitrogen and oxygen atoms in total. The number of aromatic nitrogens is 1. The number of amides is 1. The maximum atomic E-state index is 14.7. The maximum absolute atomic E-state index is 14.7. The van der Waals surface area contributed by atoms with Crippen LogP contribution in [-0.4, -0.2) is 35.9 Å². The van der Waals surface area contributed by atoms with Gasteiger partial charge in [0.05, 0.1) is 18.2 Å². The molecule has 1 aromatic carbocycles. The van der Waals surface area contributed by atoms with Gasteiger partial charge in [-0.05, 0) is 50.2 Å². The summed E-state index contributed by atoms with van der Waals surface area (Å²) in [6, 6.07) is 6.18. The number of pyridine rings is 1. The number of nitrogens with one attached hydrogen (secondary N) is 2. The van der Waals surface area contributed by atoms with E-state index < -0.39 is 41.8 Å². The van der Waals surface area contributed by atoms with Crippen LogP contribution >= 0.6 is 0 Å². The van der Waals surface area contributed by atoms with Crippen LogP contribution in [0.2, 0.25) is 0 Å². The van der Waals surface area contributed by atoms with Gasteiger partial charge in [-0.15, -0.1) is 0 Å². The van der Waals surface area contributed by atoms with Gasteiger partial charge in [0.15, 0.2) is 5.69 Å². The molecule has 4 rings (SSSR count). The molecule has 1 atom stereocenters. The van der Waals surface area contributed by atoms with E-state index in [1.165, 1.54) is 31.3 Å². The lowest BCUT2D eigenvalue weighted by molar-refractivity contribution is -0.185. The van der Waals surface area contributed by atoms with Gasteiger partial charge in [0.25, 0.3) is 11.8 Å². The largest absolute Gasteiger partial charge is 0.461 e. The van der Waals surface area contributed by atoms with Crippen molar-refractivity contribution in [2.24, 2.45) is 0 Å². The lowest BCUT2D eigenvalue weighted by Crippen LogP contribution is -2.57. The van der Waals surface area contributed by atoms with Crippen molar-refractivity contribution in [3.05, 3.63) is 59.1 Å². The number of carbonyl (C=O) groups excluding carboxylic acids is 1. The number of fused-ring (bicyclic) bond motifs is 1. The molecule has 3 aromatic rings. The highest BCUT2D eigenvalue weighted by atomic mass is 19.3. The minimum atomic E-state index is -3.90. The van der Waals surface area contributed by atoms with E-state index in [1.807, 2.05) is 0 Å². The van der Waals surface area contributed by atoms with Crippen molar-refractivity contribution in [1.29, 1.82) is 5.26 Å². The van der Waals surface area contributed by atoms with Crippen LogP contribution in [0.5, 0.6) is 5.75 Å². The third-order valence-electron chi connectivity index (χ3n) is 5.32. The molecule has 0 saturated carbocycles. The van der Waals surface area contributed by atoms with Crippen molar-refractivity contribution in [3.8, 4) is 11.8 Å². The summed E-state index contributed by atoms with van der Waals surface area (Å²) in [5.74, 6) is -4.12. The van der Waals surface area contributed by atoms with Crippen LogP contribution in [0, 0.1) is 18.3 Å². The third kappa shape index (κ3) is 4.34. The lowest BCUT2D eigenvalue weighted by atomic mass is 10.0. The molecule has 1 unspecified atom stereocenters. The number of benzene rings is 1. The smallest absolute Gasteiger partial charge is 0.429 e. The number of alkyl halides is 4. The van der Waals surface area contributed by atoms with Crippen molar-refractivity contribution < 1.29 is 31.5 Å². The molecule has 1 fully saturated rings. The zero-order valence-electron chi connectivity index (χ0n) is 17.3. The van der Waals surface area contributed by atoms with Crippen LogP contribution in [0.4, 0.5) is 17.6 Å². The second-order valence-corrected chi connectivity index (χ2v) is 7.57. The van der Waals surface area contributed by atoms with Crippen LogP contribution in [0.1, 0.15) is 33.8 Å². The first-order chi connectivity index (χ1) is 15.6. The molecule has 33 heavy (non-hydrogen) atoms. The van der Waals surface area contributed by atoms with Crippen molar-refractivity contribution >= 4 is 16.9 Å². The van der Waals surface area contributed by atoms with Crippen molar-refractivity contribution in [3.63, 3.8) is 0 Å². The molecule has 0 bridgehead atoms. The van der Waals surface area contributed by atoms with Crippen LogP contribution in [0.3, 0.4) is 0 Å². The zero-order chi connectivity index (χ0) is 23.8. The van der Waals surface area contributed by atoms with Crippen LogP contribution in [0.25, 0.3) is 11.0 Å². The van der Waals surface area contributed by atoms with Gasteiger partial charge in [0.1, 0.15) is 28.7 Å². The standard InChI is InChI=1S/C22H18F4N4O3/c1-12-19(20(31)30-18-6-8-28-11-21(18,23)24)14-9-13(4-5-17(14)32-12)33-22(25,26)15-3-2-7-29-16(15)10-27/h2-5,7,9,18,28H,6,8,11H2,1H3,(H,30,31). The number of piperidine rings is 1. The van der Waals surface area contributed by atoms with Gasteiger partial charge in [-0.1, -0.05) is 0 Å². The number of halogens is 4. The maximum Gasteiger partial charge on any atom is 0.429 e. The first-order valence-electron chi connectivity index (χ1n) is 9.97. The second-order valence-electron chi connectivity index (χ2n) is 7.57. The Morgan fingerprint density at radius 3 is 2.91 bits per heavy atom. The van der Waals surface area contributed by atoms with E-state index in [1.54, 1.807) is 6.07 Å². The van der Waals surface area contributed by atoms with Crippen molar-refractivity contribution in [2.75, 3.05) is 13.1 Å². The SMILES string of the molecule is Cc1oc2ccc(OC(F)(F)c3cccnc3C#N)cc2c1C(=O)NC1CCNCC1(F)F. The van der Waals surface area contributed by atoms with Crippen LogP contribution < -0.4 is 15.4 Å². The van der Waals surface area contributed by atoms with Gasteiger partial charge in [-0.3, -0.25) is 4.79 Å². The van der Waals surface area contributed by atoms with Crippen molar-refractivity contribution in [2.45, 2.75) is 31.4 Å². The monoisotopic (exact) mass is 462 g/mol. The summed E-state index contributed by atoms with van der Waals surface area (Å²) in [5.41, 5.74) is -1.07. The first-order valence-corrected chi connectivity index (χ1v) is 9.97. The molecule has 1 aliphatic heterocycles. The molecule has 2 aromatic heterocycles. The van der Waals surface area contributed by atoms with E-state index in [0.717, 1.165) is 12.1 Å². The molecule has 11 heteroatoms. The Labute approximate surface area is 185 Å². The fourth-order valence-corrected chi connectivity index (χ4v) is 3.72. The number of nitrogens with zero attached hydrogens (tertiary/aromatic N) is 2. The average Bonchev–Trinajstić information content (AvgIpc) is 3.10. The second kappa shape index (κ2) is 8.37. The van der Waals surface area contributed by atoms with E-state index in [-0.39, 0.29) is 34.5 Å². The molecule has 1 saturated heterocycles. The third-order valence-corrected chi connectivity index (χ3v) is 5.32. The number of furan rings is 1. The number of nitriles is 1. The van der Waals surface area contributed by atoms with Gasteiger partial charge in [0.2, 0.25) is 0 Å². The predicted octanol–water partition coefficient (Wildman–Crippen LogP) is 3.86. The Bertz CT molecular complexity index is 1250. The molecular formula is C22H18F4N4O3. The summed E-state index contributed by atoms with van der Waals surface area (Å²) in [7, 11) is 0. The fourth-order valence-electron chi connectivity index (χ4n) is 3.72. The number of hydrogen-bond acceptors (Lipinski definition) is 6.